The Bertz CT molecular complexity index is 1780. The number of benzene rings is 3. The number of ether oxygens (including phenoxy) is 4. The van der Waals surface area contributed by atoms with Crippen LogP contribution in [0.15, 0.2) is 102 Å². The third kappa shape index (κ3) is 4.55. The van der Waals surface area contributed by atoms with Crippen LogP contribution >= 0.6 is 0 Å². The molecule has 12 nitrogen and oxygen atoms in total. The van der Waals surface area contributed by atoms with Gasteiger partial charge in [-0.2, -0.15) is 4.98 Å². The van der Waals surface area contributed by atoms with E-state index in [2.05, 4.69) is 15.0 Å². The maximum Gasteiger partial charge on any atom is 0.280 e. The Morgan fingerprint density at radius 2 is 1.60 bits per heavy atom. The van der Waals surface area contributed by atoms with Gasteiger partial charge in [-0.15, -0.1) is 0 Å². The largest absolute Gasteiger partial charge is 0.394 e. The Labute approximate surface area is 270 Å². The van der Waals surface area contributed by atoms with E-state index in [4.69, 9.17) is 24.7 Å². The van der Waals surface area contributed by atoms with Gasteiger partial charge in [0.15, 0.2) is 17.5 Å². The first-order valence-electron chi connectivity index (χ1n) is 15.6. The van der Waals surface area contributed by atoms with Crippen molar-refractivity contribution in [2.45, 2.75) is 54.7 Å². The second-order valence-electron chi connectivity index (χ2n) is 11.8. The number of hydrogen-bond acceptors (Lipinski definition) is 10. The van der Waals surface area contributed by atoms with Gasteiger partial charge in [0.1, 0.15) is 12.2 Å². The minimum atomic E-state index is -2.13. The van der Waals surface area contributed by atoms with Gasteiger partial charge in [0, 0.05) is 13.7 Å². The van der Waals surface area contributed by atoms with Crippen LogP contribution in [0.1, 0.15) is 36.0 Å². The van der Waals surface area contributed by atoms with E-state index in [1.54, 1.807) is 4.57 Å². The summed E-state index contributed by atoms with van der Waals surface area (Å²) in [7, 11) is 1.42. The predicted octanol–water partition coefficient (Wildman–Crippen LogP) is 3.03. The molecule has 7 rings (SSSR count). The van der Waals surface area contributed by atoms with Crippen LogP contribution in [0.4, 0.5) is 5.95 Å². The lowest BCUT2D eigenvalue weighted by Crippen LogP contribution is -2.70. The first-order valence-corrected chi connectivity index (χ1v) is 15.6. The standard InChI is InChI=1S/C35H37N5O7/c1-44-34(47-27-19-11-12-20-45-27)29(42)26(21-41)46-35(34,40-22-37-28-30(40)38-32(36)39-31(28)43)33(23-13-5-2-6-14-23,24-15-7-3-8-16-24)25-17-9-4-10-18-25/h2-10,13-18,22,26-27,29,41-42H,11-12,19-21H2,1H3,(H3,36,38,39,43)/t26-,27?,29-,34-,35-/m1/s1. The fraction of sp³-hybridized carbons (Fsp3) is 0.343. The van der Waals surface area contributed by atoms with Gasteiger partial charge >= 0.3 is 0 Å². The van der Waals surface area contributed by atoms with E-state index in [1.165, 1.54) is 13.4 Å². The summed E-state index contributed by atoms with van der Waals surface area (Å²) in [5.41, 5.74) is 4.28. The number of nitrogens with zero attached hydrogens (tertiary/aromatic N) is 3. The number of aliphatic hydroxyl groups excluding tert-OH is 2. The monoisotopic (exact) mass is 639 g/mol. The Morgan fingerprint density at radius 3 is 2.11 bits per heavy atom. The molecule has 0 spiro atoms. The molecular formula is C35H37N5O7. The van der Waals surface area contributed by atoms with E-state index in [0.29, 0.717) is 13.0 Å². The molecule has 2 aliphatic heterocycles. The zero-order valence-corrected chi connectivity index (χ0v) is 25.9. The first-order chi connectivity index (χ1) is 22.9. The van der Waals surface area contributed by atoms with Crippen molar-refractivity contribution in [3.05, 3.63) is 124 Å². The van der Waals surface area contributed by atoms with Crippen LogP contribution in [0, 0.1) is 0 Å². The number of aromatic nitrogens is 4. The number of rotatable bonds is 9. The molecule has 2 fully saturated rings. The van der Waals surface area contributed by atoms with Crippen LogP contribution < -0.4 is 11.3 Å². The molecule has 5 atom stereocenters. The normalized spacial score (nSPS) is 26.5. The molecule has 5 N–H and O–H groups in total. The Morgan fingerprint density at radius 1 is 1.00 bits per heavy atom. The van der Waals surface area contributed by atoms with Crippen molar-refractivity contribution in [2.75, 3.05) is 26.1 Å². The number of nitrogens with one attached hydrogen (secondary N) is 1. The van der Waals surface area contributed by atoms with E-state index in [9.17, 15) is 15.0 Å². The molecule has 0 bridgehead atoms. The topological polar surface area (TPSA) is 167 Å². The highest BCUT2D eigenvalue weighted by atomic mass is 16.8. The summed E-state index contributed by atoms with van der Waals surface area (Å²) in [6.45, 7) is -0.152. The van der Waals surface area contributed by atoms with Gasteiger partial charge < -0.3 is 34.9 Å². The smallest absolute Gasteiger partial charge is 0.280 e. The van der Waals surface area contributed by atoms with Crippen molar-refractivity contribution in [3.8, 4) is 0 Å². The summed E-state index contributed by atoms with van der Waals surface area (Å²) in [4.78, 5) is 24.8. The molecule has 2 saturated heterocycles. The summed E-state index contributed by atoms with van der Waals surface area (Å²) < 4.78 is 28.2. The molecule has 0 aliphatic carbocycles. The predicted molar refractivity (Wildman–Crippen MR) is 172 cm³/mol. The fourth-order valence-corrected chi connectivity index (χ4v) is 7.47. The molecule has 3 aromatic carbocycles. The quantitative estimate of drug-likeness (QED) is 0.139. The summed E-state index contributed by atoms with van der Waals surface area (Å²) in [6, 6.07) is 28.9. The molecule has 244 valence electrons. The van der Waals surface area contributed by atoms with Crippen molar-refractivity contribution in [3.63, 3.8) is 0 Å². The number of H-pyrrole nitrogens is 1. The minimum Gasteiger partial charge on any atom is -0.394 e. The van der Waals surface area contributed by atoms with Crippen molar-refractivity contribution in [1.82, 2.24) is 19.5 Å². The number of hydrogen-bond donors (Lipinski definition) is 4. The van der Waals surface area contributed by atoms with Crippen LogP contribution in [0.3, 0.4) is 0 Å². The fourth-order valence-electron chi connectivity index (χ4n) is 7.47. The van der Waals surface area contributed by atoms with Crippen molar-refractivity contribution in [2.24, 2.45) is 0 Å². The van der Waals surface area contributed by atoms with E-state index in [-0.39, 0.29) is 17.1 Å². The second kappa shape index (κ2) is 12.3. The number of anilines is 1. The summed E-state index contributed by atoms with van der Waals surface area (Å²) in [5, 5.41) is 23.2. The number of imidazole rings is 1. The molecule has 5 aromatic rings. The molecule has 4 heterocycles. The molecule has 2 aliphatic rings. The van der Waals surface area contributed by atoms with E-state index >= 15 is 0 Å². The second-order valence-corrected chi connectivity index (χ2v) is 11.8. The van der Waals surface area contributed by atoms with Gasteiger partial charge in [-0.25, -0.2) is 4.98 Å². The lowest BCUT2D eigenvalue weighted by atomic mass is 9.59. The van der Waals surface area contributed by atoms with E-state index in [1.807, 2.05) is 91.0 Å². The molecule has 0 saturated carbocycles. The Kier molecular flexibility index (Phi) is 8.16. The van der Waals surface area contributed by atoms with E-state index in [0.717, 1.165) is 29.5 Å². The molecule has 12 heteroatoms. The van der Waals surface area contributed by atoms with Crippen molar-refractivity contribution < 1.29 is 29.2 Å². The van der Waals surface area contributed by atoms with Gasteiger partial charge in [0.05, 0.1) is 18.3 Å². The van der Waals surface area contributed by atoms with Gasteiger partial charge in [-0.05, 0) is 36.0 Å². The Hall–Kier alpha value is -4.43. The number of nitrogen functional groups attached to an aromatic ring is 1. The molecular weight excluding hydrogens is 602 g/mol. The van der Waals surface area contributed by atoms with Crippen molar-refractivity contribution >= 4 is 17.1 Å². The van der Waals surface area contributed by atoms with Gasteiger partial charge in [0.25, 0.3) is 11.3 Å². The third-order valence-corrected chi connectivity index (χ3v) is 9.36. The van der Waals surface area contributed by atoms with Crippen LogP contribution in [0.2, 0.25) is 0 Å². The Balaban J connectivity index is 1.73. The highest BCUT2D eigenvalue weighted by Crippen LogP contribution is 2.63. The maximum absolute atomic E-state index is 13.3. The summed E-state index contributed by atoms with van der Waals surface area (Å²) in [5.74, 6) is -2.28. The zero-order valence-electron chi connectivity index (χ0n) is 25.9. The van der Waals surface area contributed by atoms with Gasteiger partial charge in [-0.3, -0.25) is 14.3 Å². The molecule has 1 unspecified atom stereocenters. The lowest BCUT2D eigenvalue weighted by Gasteiger charge is -2.56. The number of fused-ring (bicyclic) bond motifs is 1. The van der Waals surface area contributed by atoms with Gasteiger partial charge in [-0.1, -0.05) is 91.0 Å². The van der Waals surface area contributed by atoms with Crippen LogP contribution in [0.25, 0.3) is 11.2 Å². The number of aromatic amines is 1. The minimum absolute atomic E-state index is 0.0221. The van der Waals surface area contributed by atoms with Gasteiger partial charge in [0.2, 0.25) is 11.7 Å². The van der Waals surface area contributed by atoms with E-state index < -0.39 is 47.6 Å². The average Bonchev–Trinajstić information content (AvgIpc) is 3.65. The van der Waals surface area contributed by atoms with Crippen LogP contribution in [0.5, 0.6) is 0 Å². The number of nitrogens with two attached hydrogens (primary N) is 1. The van der Waals surface area contributed by atoms with Crippen LogP contribution in [-0.4, -0.2) is 74.3 Å². The highest BCUT2D eigenvalue weighted by Gasteiger charge is 2.78. The summed E-state index contributed by atoms with van der Waals surface area (Å²) in [6.07, 6.45) is -0.0378. The molecule has 0 amide bonds. The first kappa shape index (κ1) is 31.2. The summed E-state index contributed by atoms with van der Waals surface area (Å²) >= 11 is 0. The lowest BCUT2D eigenvalue weighted by molar-refractivity contribution is -0.390. The third-order valence-electron chi connectivity index (χ3n) is 9.36. The number of methoxy groups -OCH3 is 1. The zero-order chi connectivity index (χ0) is 32.6. The SMILES string of the molecule is CO[C@@]1(OC2CCCCO2)[C@H](O)[C@@H](CO)O[C@]1(n1cnc2c(=O)[nH]c(N)nc21)C(c1ccccc1)(c1ccccc1)c1ccccc1. The molecule has 0 radical (unpaired) electrons. The molecule has 2 aromatic heterocycles. The molecule has 47 heavy (non-hydrogen) atoms. The maximum atomic E-state index is 13.3. The van der Waals surface area contributed by atoms with Crippen LogP contribution in [-0.2, 0) is 30.1 Å². The number of aliphatic hydroxyl groups is 2. The van der Waals surface area contributed by atoms with Crippen molar-refractivity contribution in [1.29, 1.82) is 0 Å². The average molecular weight is 640 g/mol. The highest BCUT2D eigenvalue weighted by molar-refractivity contribution is 5.72.